The molecule has 0 saturated carbocycles. The molecule has 0 bridgehead atoms. The summed E-state index contributed by atoms with van der Waals surface area (Å²) in [5.41, 5.74) is 1.86. The van der Waals surface area contributed by atoms with Crippen molar-refractivity contribution in [2.24, 2.45) is 0 Å². The number of hydrogen-bond acceptors (Lipinski definition) is 3. The number of hydrogen-bond donors (Lipinski definition) is 2. The molecular formula is C15H14N2O2. The van der Waals surface area contributed by atoms with Crippen molar-refractivity contribution < 1.29 is 9.90 Å². The fraction of sp³-hybridized carbons (Fsp3) is 0.0667. The molecule has 1 amide bonds. The first-order chi connectivity index (χ1) is 9.24. The minimum Gasteiger partial charge on any atom is -0.508 e. The third-order valence-corrected chi connectivity index (χ3v) is 2.54. The van der Waals surface area contributed by atoms with Gasteiger partial charge in [0.1, 0.15) is 5.75 Å². The normalized spacial score (nSPS) is 10.5. The third-order valence-electron chi connectivity index (χ3n) is 2.54. The van der Waals surface area contributed by atoms with Crippen LogP contribution in [0.4, 0.5) is 0 Å². The van der Waals surface area contributed by atoms with Crippen LogP contribution in [0.2, 0.25) is 0 Å². The SMILES string of the molecule is O=C(/C=C/c1ccc(O)cc1)NCc1ccncc1. The average molecular weight is 254 g/mol. The Morgan fingerprint density at radius 1 is 1.16 bits per heavy atom. The second-order valence-corrected chi connectivity index (χ2v) is 4.00. The molecule has 0 fully saturated rings. The van der Waals surface area contributed by atoms with Gasteiger partial charge in [0.25, 0.3) is 0 Å². The molecular weight excluding hydrogens is 240 g/mol. The van der Waals surface area contributed by atoms with Gasteiger partial charge >= 0.3 is 0 Å². The van der Waals surface area contributed by atoms with Crippen LogP contribution in [0.25, 0.3) is 6.08 Å². The summed E-state index contributed by atoms with van der Waals surface area (Å²) < 4.78 is 0. The maximum Gasteiger partial charge on any atom is 0.244 e. The van der Waals surface area contributed by atoms with Gasteiger partial charge in [-0.1, -0.05) is 12.1 Å². The lowest BCUT2D eigenvalue weighted by molar-refractivity contribution is -0.116. The standard InChI is InChI=1S/C15H14N2O2/c18-14-4-1-12(2-5-14)3-6-15(19)17-11-13-7-9-16-10-8-13/h1-10,18H,11H2,(H,17,19)/b6-3+. The van der Waals surface area contributed by atoms with Gasteiger partial charge in [-0.25, -0.2) is 0 Å². The van der Waals surface area contributed by atoms with Crippen LogP contribution in [0.15, 0.2) is 54.9 Å². The molecule has 0 atom stereocenters. The molecule has 0 spiro atoms. The Balaban J connectivity index is 1.86. The zero-order valence-electron chi connectivity index (χ0n) is 10.3. The Hall–Kier alpha value is -2.62. The van der Waals surface area contributed by atoms with E-state index in [4.69, 9.17) is 5.11 Å². The molecule has 19 heavy (non-hydrogen) atoms. The van der Waals surface area contributed by atoms with Crippen molar-refractivity contribution in [2.75, 3.05) is 0 Å². The predicted molar refractivity (Wildman–Crippen MR) is 73.2 cm³/mol. The van der Waals surface area contributed by atoms with Gasteiger partial charge in [0.2, 0.25) is 5.91 Å². The van der Waals surface area contributed by atoms with Crippen LogP contribution >= 0.6 is 0 Å². The first-order valence-corrected chi connectivity index (χ1v) is 5.88. The number of aromatic nitrogens is 1. The molecule has 96 valence electrons. The van der Waals surface area contributed by atoms with E-state index in [-0.39, 0.29) is 11.7 Å². The van der Waals surface area contributed by atoms with Gasteiger partial charge in [-0.3, -0.25) is 9.78 Å². The largest absolute Gasteiger partial charge is 0.508 e. The van der Waals surface area contributed by atoms with Crippen LogP contribution < -0.4 is 5.32 Å². The number of phenolic OH excluding ortho intramolecular Hbond substituents is 1. The van der Waals surface area contributed by atoms with Crippen LogP contribution in [0.3, 0.4) is 0 Å². The maximum absolute atomic E-state index is 11.6. The highest BCUT2D eigenvalue weighted by molar-refractivity contribution is 5.91. The molecule has 1 aromatic carbocycles. The van der Waals surface area contributed by atoms with E-state index in [1.165, 1.54) is 6.08 Å². The van der Waals surface area contributed by atoms with Crippen molar-refractivity contribution in [1.82, 2.24) is 10.3 Å². The van der Waals surface area contributed by atoms with Crippen molar-refractivity contribution >= 4 is 12.0 Å². The Morgan fingerprint density at radius 2 is 1.84 bits per heavy atom. The van der Waals surface area contributed by atoms with E-state index in [1.807, 2.05) is 12.1 Å². The second-order valence-electron chi connectivity index (χ2n) is 4.00. The van der Waals surface area contributed by atoms with Crippen molar-refractivity contribution in [3.05, 3.63) is 66.0 Å². The predicted octanol–water partition coefficient (Wildman–Crippen LogP) is 2.12. The van der Waals surface area contributed by atoms with Crippen LogP contribution in [0.1, 0.15) is 11.1 Å². The molecule has 4 heteroatoms. The Bertz CT molecular complexity index is 562. The minimum atomic E-state index is -0.162. The fourth-order valence-electron chi connectivity index (χ4n) is 1.51. The Labute approximate surface area is 111 Å². The number of amides is 1. The van der Waals surface area contributed by atoms with Crippen molar-refractivity contribution in [1.29, 1.82) is 0 Å². The summed E-state index contributed by atoms with van der Waals surface area (Å²) in [6.07, 6.45) is 6.54. The van der Waals surface area contributed by atoms with Gasteiger partial charge in [-0.05, 0) is 41.5 Å². The Morgan fingerprint density at radius 3 is 2.53 bits per heavy atom. The summed E-state index contributed by atoms with van der Waals surface area (Å²) in [7, 11) is 0. The minimum absolute atomic E-state index is 0.162. The van der Waals surface area contributed by atoms with E-state index >= 15 is 0 Å². The first-order valence-electron chi connectivity index (χ1n) is 5.88. The van der Waals surface area contributed by atoms with Crippen molar-refractivity contribution in [3.8, 4) is 5.75 Å². The van der Waals surface area contributed by atoms with Crippen LogP contribution in [0, 0.1) is 0 Å². The number of rotatable bonds is 4. The highest BCUT2D eigenvalue weighted by Gasteiger charge is 1.96. The maximum atomic E-state index is 11.6. The molecule has 1 aromatic heterocycles. The second kappa shape index (κ2) is 6.35. The summed E-state index contributed by atoms with van der Waals surface area (Å²) in [5, 5.41) is 11.9. The lowest BCUT2D eigenvalue weighted by Crippen LogP contribution is -2.20. The molecule has 1 heterocycles. The summed E-state index contributed by atoms with van der Waals surface area (Å²) in [4.78, 5) is 15.5. The van der Waals surface area contributed by atoms with E-state index in [9.17, 15) is 4.79 Å². The first kappa shape index (κ1) is 12.8. The van der Waals surface area contributed by atoms with Gasteiger partial charge in [-0.2, -0.15) is 0 Å². The highest BCUT2D eigenvalue weighted by atomic mass is 16.3. The van der Waals surface area contributed by atoms with Gasteiger partial charge < -0.3 is 10.4 Å². The monoisotopic (exact) mass is 254 g/mol. The van der Waals surface area contributed by atoms with E-state index in [0.717, 1.165) is 11.1 Å². The van der Waals surface area contributed by atoms with Crippen LogP contribution in [0.5, 0.6) is 5.75 Å². The van der Waals surface area contributed by atoms with E-state index in [2.05, 4.69) is 10.3 Å². The quantitative estimate of drug-likeness (QED) is 0.821. The number of carbonyl (C=O) groups is 1. The van der Waals surface area contributed by atoms with Crippen LogP contribution in [-0.4, -0.2) is 16.0 Å². The summed E-state index contributed by atoms with van der Waals surface area (Å²) in [6, 6.07) is 10.3. The molecule has 0 aliphatic heterocycles. The molecule has 0 radical (unpaired) electrons. The molecule has 2 N–H and O–H groups in total. The Kier molecular flexibility index (Phi) is 4.29. The number of nitrogens with one attached hydrogen (secondary N) is 1. The zero-order chi connectivity index (χ0) is 13.5. The number of pyridine rings is 1. The molecule has 0 unspecified atom stereocenters. The topological polar surface area (TPSA) is 62.2 Å². The number of phenols is 1. The summed E-state index contributed by atoms with van der Waals surface area (Å²) in [5.74, 6) is 0.0455. The smallest absolute Gasteiger partial charge is 0.244 e. The zero-order valence-corrected chi connectivity index (χ0v) is 10.3. The highest BCUT2D eigenvalue weighted by Crippen LogP contribution is 2.10. The van der Waals surface area contributed by atoms with E-state index < -0.39 is 0 Å². The van der Waals surface area contributed by atoms with E-state index in [1.54, 1.807) is 42.7 Å². The molecule has 0 aliphatic carbocycles. The van der Waals surface area contributed by atoms with Gasteiger partial charge in [0, 0.05) is 25.0 Å². The molecule has 4 nitrogen and oxygen atoms in total. The number of carbonyl (C=O) groups excluding carboxylic acids is 1. The molecule has 2 aromatic rings. The van der Waals surface area contributed by atoms with Crippen LogP contribution in [-0.2, 0) is 11.3 Å². The lowest BCUT2D eigenvalue weighted by atomic mass is 10.2. The number of aromatic hydroxyl groups is 1. The van der Waals surface area contributed by atoms with Gasteiger partial charge in [-0.15, -0.1) is 0 Å². The number of nitrogens with zero attached hydrogens (tertiary/aromatic N) is 1. The van der Waals surface area contributed by atoms with E-state index in [0.29, 0.717) is 6.54 Å². The summed E-state index contributed by atoms with van der Waals surface area (Å²) in [6.45, 7) is 0.473. The average Bonchev–Trinajstić information content (AvgIpc) is 2.45. The van der Waals surface area contributed by atoms with Gasteiger partial charge in [0.15, 0.2) is 0 Å². The van der Waals surface area contributed by atoms with Gasteiger partial charge in [0.05, 0.1) is 0 Å². The fourth-order valence-corrected chi connectivity index (χ4v) is 1.51. The molecule has 2 rings (SSSR count). The third kappa shape index (κ3) is 4.27. The summed E-state index contributed by atoms with van der Waals surface area (Å²) >= 11 is 0. The van der Waals surface area contributed by atoms with Crippen molar-refractivity contribution in [3.63, 3.8) is 0 Å². The molecule has 0 aliphatic rings. The number of benzene rings is 1. The molecule has 0 saturated heterocycles. The van der Waals surface area contributed by atoms with Crippen molar-refractivity contribution in [2.45, 2.75) is 6.54 Å². The lowest BCUT2D eigenvalue weighted by Gasteiger charge is -2.01.